The van der Waals surface area contributed by atoms with E-state index in [2.05, 4.69) is 30.1 Å². The first-order chi connectivity index (χ1) is 22.7. The number of aromatic nitrogens is 5. The van der Waals surface area contributed by atoms with Crippen LogP contribution in [0.5, 0.6) is 5.75 Å². The Morgan fingerprint density at radius 1 is 1.19 bits per heavy atom. The monoisotopic (exact) mass is 683 g/mol. The van der Waals surface area contributed by atoms with E-state index in [9.17, 15) is 18.4 Å². The first-order valence-corrected chi connectivity index (χ1v) is 15.6. The Morgan fingerprint density at radius 3 is 2.62 bits per heavy atom. The number of rotatable bonds is 10. The molecule has 0 bridgehead atoms. The maximum absolute atomic E-state index is 15.2. The van der Waals surface area contributed by atoms with Crippen LogP contribution in [0.1, 0.15) is 67.5 Å². The second kappa shape index (κ2) is 12.8. The lowest BCUT2D eigenvalue weighted by atomic mass is 10.1. The van der Waals surface area contributed by atoms with Crippen molar-refractivity contribution in [2.24, 2.45) is 11.8 Å². The Hall–Kier alpha value is -4.56. The van der Waals surface area contributed by atoms with E-state index in [0.29, 0.717) is 24.0 Å². The number of anilines is 2. The standard InChI is InChI=1S/C33H33ClF3N7O4/c1-16-8-18(10-39-29(16)43-13-19-9-21(19)31(43)46)17(2)44-14-20(11-40-44)41-30(45)28-24(15-47-33(3,4)5)38-12-23(42-28)26-25(48-32(36)37)7-6-22(34)27(26)35/h6-8,10-12,14,17,19,21,32H,9,13,15H2,1-5H3,(H,41,45)/t17?,19-,21-/m1/s1. The quantitative estimate of drug-likeness (QED) is 0.198. The normalized spacial score (nSPS) is 17.9. The van der Waals surface area contributed by atoms with Crippen LogP contribution in [0.25, 0.3) is 11.3 Å². The number of benzene rings is 1. The SMILES string of the molecule is Cc1cc(C(C)n2cc(NC(=O)c3nc(-c4c(OC(F)F)ccc(Cl)c4F)cnc3COC(C)(C)C)cn2)cnc1N1C[C@H]2C[C@H]2C1=O. The minimum Gasteiger partial charge on any atom is -0.434 e. The van der Waals surface area contributed by atoms with Gasteiger partial charge in [-0.25, -0.2) is 14.4 Å². The summed E-state index contributed by atoms with van der Waals surface area (Å²) in [5, 5.41) is 6.78. The van der Waals surface area contributed by atoms with Gasteiger partial charge in [0.05, 0.1) is 58.3 Å². The molecule has 0 spiro atoms. The van der Waals surface area contributed by atoms with Gasteiger partial charge >= 0.3 is 6.61 Å². The maximum atomic E-state index is 15.2. The number of aryl methyl sites for hydroxylation is 1. The van der Waals surface area contributed by atoms with Gasteiger partial charge in [0, 0.05) is 24.9 Å². The minimum absolute atomic E-state index is 0.124. The molecule has 1 unspecified atom stereocenters. The molecule has 6 rings (SSSR count). The number of hydrogen-bond donors (Lipinski definition) is 1. The lowest BCUT2D eigenvalue weighted by molar-refractivity contribution is -0.118. The van der Waals surface area contributed by atoms with Crippen molar-refractivity contribution in [2.45, 2.75) is 65.9 Å². The molecular weight excluding hydrogens is 651 g/mol. The Kier molecular flexibility index (Phi) is 8.90. The van der Waals surface area contributed by atoms with Crippen molar-refractivity contribution in [1.82, 2.24) is 24.7 Å². The van der Waals surface area contributed by atoms with Crippen molar-refractivity contribution >= 4 is 34.9 Å². The number of hydrogen-bond acceptors (Lipinski definition) is 8. The predicted octanol–water partition coefficient (Wildman–Crippen LogP) is 6.60. The number of carbonyl (C=O) groups is 2. The Bertz CT molecular complexity index is 1900. The van der Waals surface area contributed by atoms with Gasteiger partial charge in [-0.1, -0.05) is 11.6 Å². The molecule has 2 amide bonds. The Balaban J connectivity index is 1.25. The summed E-state index contributed by atoms with van der Waals surface area (Å²) in [4.78, 5) is 41.2. The third kappa shape index (κ3) is 6.85. The molecule has 1 aliphatic heterocycles. The van der Waals surface area contributed by atoms with Gasteiger partial charge in [0.25, 0.3) is 5.91 Å². The highest BCUT2D eigenvalue weighted by Gasteiger charge is 2.53. The fourth-order valence-electron chi connectivity index (χ4n) is 5.60. The van der Waals surface area contributed by atoms with E-state index < -0.39 is 35.2 Å². The topological polar surface area (TPSA) is 124 Å². The number of piperidine rings is 1. The van der Waals surface area contributed by atoms with Crippen LogP contribution in [-0.4, -0.2) is 55.3 Å². The smallest absolute Gasteiger partial charge is 0.387 e. The summed E-state index contributed by atoms with van der Waals surface area (Å²) < 4.78 is 53.5. The van der Waals surface area contributed by atoms with Gasteiger partial charge < -0.3 is 14.8 Å². The molecule has 11 nitrogen and oxygen atoms in total. The van der Waals surface area contributed by atoms with Gasteiger partial charge in [-0.05, 0) is 76.3 Å². The molecule has 1 N–H and O–H groups in total. The summed E-state index contributed by atoms with van der Waals surface area (Å²) in [5.41, 5.74) is 0.606. The van der Waals surface area contributed by atoms with Crippen LogP contribution in [0, 0.1) is 24.6 Å². The molecule has 1 aliphatic carbocycles. The van der Waals surface area contributed by atoms with Crippen molar-refractivity contribution in [3.05, 3.63) is 76.3 Å². The number of halogens is 4. The molecule has 4 aromatic rings. The van der Waals surface area contributed by atoms with E-state index in [-0.39, 0.29) is 46.6 Å². The number of fused-ring (bicyclic) bond motifs is 1. The third-order valence-corrected chi connectivity index (χ3v) is 8.51. The van der Waals surface area contributed by atoms with Gasteiger partial charge in [0.1, 0.15) is 11.6 Å². The van der Waals surface area contributed by atoms with Crippen LogP contribution in [0.2, 0.25) is 5.02 Å². The summed E-state index contributed by atoms with van der Waals surface area (Å²) in [6.45, 7) is 6.61. The molecule has 1 aromatic carbocycles. The summed E-state index contributed by atoms with van der Waals surface area (Å²) in [6.07, 6.45) is 6.88. The van der Waals surface area contributed by atoms with Gasteiger partial charge in [-0.15, -0.1) is 0 Å². The number of carbonyl (C=O) groups excluding carboxylic acids is 2. The second-order valence-corrected chi connectivity index (χ2v) is 13.3. The third-order valence-electron chi connectivity index (χ3n) is 8.22. The fourth-order valence-corrected chi connectivity index (χ4v) is 5.76. The predicted molar refractivity (Wildman–Crippen MR) is 171 cm³/mol. The molecular formula is C33H33ClF3N7O4. The average molecular weight is 684 g/mol. The zero-order valence-corrected chi connectivity index (χ0v) is 27.6. The maximum Gasteiger partial charge on any atom is 0.387 e. The molecule has 3 atom stereocenters. The van der Waals surface area contributed by atoms with Crippen molar-refractivity contribution in [3.8, 4) is 17.0 Å². The first-order valence-electron chi connectivity index (χ1n) is 15.3. The van der Waals surface area contributed by atoms with E-state index in [1.807, 2.05) is 40.7 Å². The summed E-state index contributed by atoms with van der Waals surface area (Å²) >= 11 is 5.95. The number of amides is 2. The zero-order chi connectivity index (χ0) is 34.5. The molecule has 2 aliphatic rings. The number of nitrogens with one attached hydrogen (secondary N) is 1. The van der Waals surface area contributed by atoms with Gasteiger partial charge in [0.2, 0.25) is 5.91 Å². The highest BCUT2D eigenvalue weighted by Crippen LogP contribution is 2.47. The zero-order valence-electron chi connectivity index (χ0n) is 26.8. The number of ether oxygens (including phenoxy) is 2. The summed E-state index contributed by atoms with van der Waals surface area (Å²) in [7, 11) is 0. The number of alkyl halides is 2. The molecule has 3 aromatic heterocycles. The first kappa shape index (κ1) is 33.3. The number of nitrogens with zero attached hydrogens (tertiary/aromatic N) is 6. The largest absolute Gasteiger partial charge is 0.434 e. The fraction of sp³-hybridized carbons (Fsp3) is 0.394. The lowest BCUT2D eigenvalue weighted by Crippen LogP contribution is -2.29. The Morgan fingerprint density at radius 2 is 1.96 bits per heavy atom. The lowest BCUT2D eigenvalue weighted by Gasteiger charge is -2.21. The highest BCUT2D eigenvalue weighted by atomic mass is 35.5. The van der Waals surface area contributed by atoms with E-state index in [1.165, 1.54) is 6.20 Å². The van der Waals surface area contributed by atoms with Crippen molar-refractivity contribution in [1.29, 1.82) is 0 Å². The van der Waals surface area contributed by atoms with Gasteiger partial charge in [-0.2, -0.15) is 13.9 Å². The van der Waals surface area contributed by atoms with Crippen molar-refractivity contribution in [2.75, 3.05) is 16.8 Å². The molecule has 1 saturated heterocycles. The molecule has 252 valence electrons. The van der Waals surface area contributed by atoms with Gasteiger partial charge in [0.15, 0.2) is 11.5 Å². The molecule has 4 heterocycles. The summed E-state index contributed by atoms with van der Waals surface area (Å²) in [6, 6.07) is 3.84. The Labute approximate surface area is 279 Å². The van der Waals surface area contributed by atoms with E-state index in [1.54, 1.807) is 22.0 Å². The molecule has 48 heavy (non-hydrogen) atoms. The number of pyridine rings is 1. The molecule has 2 fully saturated rings. The van der Waals surface area contributed by atoms with E-state index in [4.69, 9.17) is 16.3 Å². The molecule has 1 saturated carbocycles. The van der Waals surface area contributed by atoms with Gasteiger partial charge in [-0.3, -0.25) is 24.2 Å². The van der Waals surface area contributed by atoms with Crippen LogP contribution in [0.15, 0.2) is 43.0 Å². The minimum atomic E-state index is -3.25. The van der Waals surface area contributed by atoms with E-state index in [0.717, 1.165) is 35.9 Å². The van der Waals surface area contributed by atoms with Crippen LogP contribution in [0.3, 0.4) is 0 Å². The van der Waals surface area contributed by atoms with Crippen LogP contribution in [-0.2, 0) is 16.1 Å². The molecule has 15 heteroatoms. The van der Waals surface area contributed by atoms with Crippen molar-refractivity contribution in [3.63, 3.8) is 0 Å². The second-order valence-electron chi connectivity index (χ2n) is 12.9. The average Bonchev–Trinajstić information content (AvgIpc) is 3.53. The molecule has 0 radical (unpaired) electrons. The van der Waals surface area contributed by atoms with Crippen molar-refractivity contribution < 1.29 is 32.2 Å². The van der Waals surface area contributed by atoms with Crippen LogP contribution in [0.4, 0.5) is 24.7 Å². The highest BCUT2D eigenvalue weighted by molar-refractivity contribution is 6.31. The van der Waals surface area contributed by atoms with E-state index >= 15 is 4.39 Å². The summed E-state index contributed by atoms with van der Waals surface area (Å²) in [5.74, 6) is -0.955. The van der Waals surface area contributed by atoms with Crippen LogP contribution >= 0.6 is 11.6 Å². The van der Waals surface area contributed by atoms with Crippen LogP contribution < -0.4 is 15.0 Å².